The van der Waals surface area contributed by atoms with Gasteiger partial charge in [0.1, 0.15) is 17.2 Å². The van der Waals surface area contributed by atoms with Crippen LogP contribution in [-0.4, -0.2) is 37.2 Å². The second-order valence-corrected chi connectivity index (χ2v) is 11.4. The van der Waals surface area contributed by atoms with E-state index in [1.165, 1.54) is 24.9 Å². The lowest BCUT2D eigenvalue weighted by atomic mass is 10.1. The minimum Gasteiger partial charge on any atom is -0.497 e. The van der Waals surface area contributed by atoms with Gasteiger partial charge in [-0.15, -0.1) is 11.8 Å². The van der Waals surface area contributed by atoms with Crippen molar-refractivity contribution >= 4 is 46.9 Å². The summed E-state index contributed by atoms with van der Waals surface area (Å²) in [6.07, 6.45) is 1.54. The zero-order chi connectivity index (χ0) is 31.6. The minimum atomic E-state index is -0.527. The number of benzene rings is 4. The van der Waals surface area contributed by atoms with E-state index < -0.39 is 11.8 Å². The van der Waals surface area contributed by atoms with Crippen molar-refractivity contribution in [3.63, 3.8) is 0 Å². The second kappa shape index (κ2) is 14.9. The number of rotatable bonds is 11. The topological polar surface area (TPSA) is 106 Å². The number of ether oxygens (including phenoxy) is 2. The number of hydrogen-bond acceptors (Lipinski definition) is 6. The first-order chi connectivity index (χ1) is 21.2. The van der Waals surface area contributed by atoms with E-state index in [-0.39, 0.29) is 16.9 Å². The monoisotopic (exact) mass is 609 g/mol. The molecule has 8 nitrogen and oxygen atoms in total. The number of carbonyl (C=O) groups is 3. The van der Waals surface area contributed by atoms with Crippen LogP contribution in [0.2, 0.25) is 0 Å². The van der Waals surface area contributed by atoms with Crippen molar-refractivity contribution in [1.82, 2.24) is 5.32 Å². The highest BCUT2D eigenvalue weighted by molar-refractivity contribution is 8.00. The molecule has 4 aromatic rings. The normalized spacial score (nSPS) is 11.7. The summed E-state index contributed by atoms with van der Waals surface area (Å²) >= 11 is 1.41. The van der Waals surface area contributed by atoms with E-state index in [0.717, 1.165) is 21.7 Å². The highest BCUT2D eigenvalue weighted by atomic mass is 32.2. The summed E-state index contributed by atoms with van der Waals surface area (Å²) in [6, 6.07) is 26.8. The van der Waals surface area contributed by atoms with E-state index in [1.54, 1.807) is 61.7 Å². The Labute approximate surface area is 261 Å². The first-order valence-electron chi connectivity index (χ1n) is 13.9. The number of hydrogen-bond donors (Lipinski definition) is 3. The molecule has 226 valence electrons. The Balaban J connectivity index is 1.49. The molecule has 4 aromatic carbocycles. The Bertz CT molecular complexity index is 1670. The van der Waals surface area contributed by atoms with Crippen LogP contribution in [0.4, 0.5) is 11.4 Å². The molecule has 0 aromatic heterocycles. The number of anilines is 2. The summed E-state index contributed by atoms with van der Waals surface area (Å²) in [5.41, 5.74) is 4.43. The van der Waals surface area contributed by atoms with Crippen molar-refractivity contribution < 1.29 is 23.9 Å². The van der Waals surface area contributed by atoms with Gasteiger partial charge in [0.25, 0.3) is 11.8 Å². The van der Waals surface area contributed by atoms with Gasteiger partial charge >= 0.3 is 0 Å². The number of amides is 3. The summed E-state index contributed by atoms with van der Waals surface area (Å²) in [5, 5.41) is 8.24. The molecular weight excluding hydrogens is 574 g/mol. The van der Waals surface area contributed by atoms with Crippen molar-refractivity contribution in [2.24, 2.45) is 0 Å². The summed E-state index contributed by atoms with van der Waals surface area (Å²) in [6.45, 7) is 5.84. The summed E-state index contributed by atoms with van der Waals surface area (Å²) in [4.78, 5) is 40.2. The van der Waals surface area contributed by atoms with Crippen LogP contribution >= 0.6 is 11.8 Å². The Morgan fingerprint density at radius 3 is 2.23 bits per heavy atom. The lowest BCUT2D eigenvalue weighted by Crippen LogP contribution is -2.30. The summed E-state index contributed by atoms with van der Waals surface area (Å²) in [5.74, 6) is 0.00547. The fourth-order valence-electron chi connectivity index (χ4n) is 4.24. The van der Waals surface area contributed by atoms with Gasteiger partial charge in [-0.1, -0.05) is 30.3 Å². The fourth-order valence-corrected chi connectivity index (χ4v) is 5.11. The molecule has 3 amide bonds. The van der Waals surface area contributed by atoms with Crippen LogP contribution < -0.4 is 25.4 Å². The smallest absolute Gasteiger partial charge is 0.272 e. The van der Waals surface area contributed by atoms with E-state index in [9.17, 15) is 14.4 Å². The Hall–Kier alpha value is -5.02. The average Bonchev–Trinajstić information content (AvgIpc) is 3.04. The molecule has 0 aliphatic rings. The van der Waals surface area contributed by atoms with E-state index in [2.05, 4.69) is 16.0 Å². The molecule has 0 saturated heterocycles. The van der Waals surface area contributed by atoms with Gasteiger partial charge in [0.2, 0.25) is 5.91 Å². The number of nitrogens with one attached hydrogen (secondary N) is 3. The van der Waals surface area contributed by atoms with Gasteiger partial charge in [-0.3, -0.25) is 14.4 Å². The third-order valence-electron chi connectivity index (χ3n) is 6.92. The number of methoxy groups -OCH3 is 2. The standard InChI is InChI=1S/C35H35N3O5S/c1-22-10-9-13-30(23(22)2)37-33(39)24(3)44-29-17-14-27(15-18-29)36-35(41)31(38-34(40)25-11-7-6-8-12-25)21-26-20-28(42-4)16-19-32(26)43-5/h6-21,24H,1-5H3,(H,36,41)(H,37,39)(H,38,40)/b31-21-. The van der Waals surface area contributed by atoms with Gasteiger partial charge in [-0.25, -0.2) is 0 Å². The van der Waals surface area contributed by atoms with E-state index >= 15 is 0 Å². The molecule has 0 spiro atoms. The quantitative estimate of drug-likeness (QED) is 0.127. The van der Waals surface area contributed by atoms with Gasteiger partial charge in [0.05, 0.1) is 19.5 Å². The van der Waals surface area contributed by atoms with Crippen LogP contribution in [0.5, 0.6) is 11.5 Å². The van der Waals surface area contributed by atoms with Gasteiger partial charge in [0.15, 0.2) is 0 Å². The third kappa shape index (κ3) is 8.29. The maximum atomic E-state index is 13.5. The molecular formula is C35H35N3O5S. The van der Waals surface area contributed by atoms with Crippen LogP contribution in [-0.2, 0) is 9.59 Å². The number of thioether (sulfide) groups is 1. The van der Waals surface area contributed by atoms with Gasteiger partial charge < -0.3 is 25.4 Å². The maximum Gasteiger partial charge on any atom is 0.272 e. The van der Waals surface area contributed by atoms with Crippen LogP contribution in [0, 0.1) is 13.8 Å². The SMILES string of the molecule is COc1ccc(OC)c(/C=C(\NC(=O)c2ccccc2)C(=O)Nc2ccc(SC(C)C(=O)Nc3cccc(C)c3C)cc2)c1. The van der Waals surface area contributed by atoms with Crippen molar-refractivity contribution in [2.45, 2.75) is 30.9 Å². The molecule has 0 fully saturated rings. The van der Waals surface area contributed by atoms with Crippen LogP contribution in [0.1, 0.15) is 34.0 Å². The molecule has 0 aliphatic carbocycles. The predicted octanol–water partition coefficient (Wildman–Crippen LogP) is 6.85. The molecule has 1 unspecified atom stereocenters. The Morgan fingerprint density at radius 1 is 0.818 bits per heavy atom. The maximum absolute atomic E-state index is 13.5. The highest BCUT2D eigenvalue weighted by Gasteiger charge is 2.18. The number of aryl methyl sites for hydroxylation is 1. The van der Waals surface area contributed by atoms with E-state index in [1.807, 2.05) is 57.2 Å². The third-order valence-corrected chi connectivity index (χ3v) is 8.03. The molecule has 44 heavy (non-hydrogen) atoms. The molecule has 0 bridgehead atoms. The summed E-state index contributed by atoms with van der Waals surface area (Å²) < 4.78 is 10.8. The molecule has 4 rings (SSSR count). The van der Waals surface area contributed by atoms with Gasteiger partial charge in [-0.2, -0.15) is 0 Å². The second-order valence-electron chi connectivity index (χ2n) is 9.96. The first-order valence-corrected chi connectivity index (χ1v) is 14.8. The molecule has 0 aliphatic heterocycles. The zero-order valence-electron chi connectivity index (χ0n) is 25.3. The lowest BCUT2D eigenvalue weighted by Gasteiger charge is -2.15. The van der Waals surface area contributed by atoms with E-state index in [0.29, 0.717) is 28.3 Å². The molecule has 0 saturated carbocycles. The molecule has 3 N–H and O–H groups in total. The first kappa shape index (κ1) is 31.9. The molecule has 1 atom stereocenters. The zero-order valence-corrected chi connectivity index (χ0v) is 26.1. The molecule has 0 radical (unpaired) electrons. The minimum absolute atomic E-state index is 0.0144. The molecule has 0 heterocycles. The predicted molar refractivity (Wildman–Crippen MR) is 176 cm³/mol. The van der Waals surface area contributed by atoms with Crippen LogP contribution in [0.25, 0.3) is 6.08 Å². The largest absolute Gasteiger partial charge is 0.497 e. The van der Waals surface area contributed by atoms with Crippen LogP contribution in [0.3, 0.4) is 0 Å². The van der Waals surface area contributed by atoms with Crippen molar-refractivity contribution in [3.05, 3.63) is 119 Å². The Morgan fingerprint density at radius 2 is 1.55 bits per heavy atom. The van der Waals surface area contributed by atoms with Crippen molar-refractivity contribution in [2.75, 3.05) is 24.9 Å². The summed E-state index contributed by atoms with van der Waals surface area (Å²) in [7, 11) is 3.06. The van der Waals surface area contributed by atoms with Gasteiger partial charge in [0, 0.05) is 27.4 Å². The van der Waals surface area contributed by atoms with Gasteiger partial charge in [-0.05, 0) is 98.6 Å². The lowest BCUT2D eigenvalue weighted by molar-refractivity contribution is -0.115. The molecule has 9 heteroatoms. The van der Waals surface area contributed by atoms with Crippen molar-refractivity contribution in [3.8, 4) is 11.5 Å². The van der Waals surface area contributed by atoms with Crippen LogP contribution in [0.15, 0.2) is 102 Å². The Kier molecular flexibility index (Phi) is 10.8. The average molecular weight is 610 g/mol. The highest BCUT2D eigenvalue weighted by Crippen LogP contribution is 2.28. The fraction of sp³-hybridized carbons (Fsp3) is 0.171. The van der Waals surface area contributed by atoms with Crippen molar-refractivity contribution in [1.29, 1.82) is 0 Å². The van der Waals surface area contributed by atoms with E-state index in [4.69, 9.17) is 9.47 Å². The number of carbonyl (C=O) groups excluding carboxylic acids is 3.